The SMILES string of the molecule is C[C@H](CC(N)=O)NC(=O)OC(C)(C)C. The summed E-state index contributed by atoms with van der Waals surface area (Å²) in [4.78, 5) is 21.7. The first-order chi connectivity index (χ1) is 6.20. The van der Waals surface area contributed by atoms with E-state index in [2.05, 4.69) is 5.32 Å². The number of carbonyl (C=O) groups is 2. The quantitative estimate of drug-likeness (QED) is 0.709. The molecular weight excluding hydrogens is 184 g/mol. The number of nitrogens with two attached hydrogens (primary N) is 1. The van der Waals surface area contributed by atoms with Crippen LogP contribution in [0.25, 0.3) is 0 Å². The van der Waals surface area contributed by atoms with Crippen molar-refractivity contribution in [1.29, 1.82) is 0 Å². The van der Waals surface area contributed by atoms with Crippen LogP contribution in [0.1, 0.15) is 34.1 Å². The van der Waals surface area contributed by atoms with Crippen molar-refractivity contribution in [2.75, 3.05) is 0 Å². The van der Waals surface area contributed by atoms with Gasteiger partial charge in [0.1, 0.15) is 5.60 Å². The van der Waals surface area contributed by atoms with Gasteiger partial charge in [0.25, 0.3) is 0 Å². The molecule has 0 saturated carbocycles. The Labute approximate surface area is 84.0 Å². The Morgan fingerprint density at radius 2 is 1.93 bits per heavy atom. The van der Waals surface area contributed by atoms with E-state index in [1.165, 1.54) is 0 Å². The number of hydrogen-bond donors (Lipinski definition) is 2. The number of rotatable bonds is 3. The van der Waals surface area contributed by atoms with Gasteiger partial charge in [-0.2, -0.15) is 0 Å². The fraction of sp³-hybridized carbons (Fsp3) is 0.778. The van der Waals surface area contributed by atoms with Gasteiger partial charge in [-0.3, -0.25) is 4.79 Å². The molecule has 0 radical (unpaired) electrons. The minimum absolute atomic E-state index is 0.110. The maximum atomic E-state index is 11.2. The van der Waals surface area contributed by atoms with Gasteiger partial charge in [0.2, 0.25) is 5.91 Å². The molecule has 0 aromatic heterocycles. The molecule has 0 fully saturated rings. The van der Waals surface area contributed by atoms with Crippen LogP contribution in [0, 0.1) is 0 Å². The molecule has 5 nitrogen and oxygen atoms in total. The van der Waals surface area contributed by atoms with Crippen molar-refractivity contribution in [1.82, 2.24) is 5.32 Å². The highest BCUT2D eigenvalue weighted by molar-refractivity contribution is 5.75. The number of carbonyl (C=O) groups excluding carboxylic acids is 2. The van der Waals surface area contributed by atoms with Crippen LogP contribution in [0.2, 0.25) is 0 Å². The van der Waals surface area contributed by atoms with Crippen molar-refractivity contribution < 1.29 is 14.3 Å². The van der Waals surface area contributed by atoms with Crippen molar-refractivity contribution in [3.63, 3.8) is 0 Å². The van der Waals surface area contributed by atoms with Gasteiger partial charge < -0.3 is 15.8 Å². The summed E-state index contributed by atoms with van der Waals surface area (Å²) in [7, 11) is 0. The van der Waals surface area contributed by atoms with Crippen molar-refractivity contribution in [3.8, 4) is 0 Å². The van der Waals surface area contributed by atoms with E-state index in [1.807, 2.05) is 0 Å². The molecule has 0 rings (SSSR count). The molecule has 0 aromatic rings. The summed E-state index contributed by atoms with van der Waals surface area (Å²) in [6, 6.07) is -0.303. The maximum Gasteiger partial charge on any atom is 0.407 e. The molecule has 0 heterocycles. The van der Waals surface area contributed by atoms with E-state index in [0.29, 0.717) is 0 Å². The van der Waals surface area contributed by atoms with Gasteiger partial charge in [0.05, 0.1) is 0 Å². The van der Waals surface area contributed by atoms with E-state index in [0.717, 1.165) is 0 Å². The number of primary amides is 1. The Hall–Kier alpha value is -1.26. The molecule has 0 unspecified atom stereocenters. The molecule has 5 heteroatoms. The maximum absolute atomic E-state index is 11.2. The van der Waals surface area contributed by atoms with Crippen molar-refractivity contribution in [3.05, 3.63) is 0 Å². The molecule has 0 aliphatic rings. The molecule has 0 aliphatic heterocycles. The zero-order valence-electron chi connectivity index (χ0n) is 9.09. The fourth-order valence-electron chi connectivity index (χ4n) is 0.862. The number of hydrogen-bond acceptors (Lipinski definition) is 3. The van der Waals surface area contributed by atoms with Crippen molar-refractivity contribution in [2.45, 2.75) is 45.8 Å². The highest BCUT2D eigenvalue weighted by atomic mass is 16.6. The van der Waals surface area contributed by atoms with Gasteiger partial charge in [-0.25, -0.2) is 4.79 Å². The lowest BCUT2D eigenvalue weighted by molar-refractivity contribution is -0.118. The average Bonchev–Trinajstić information content (AvgIpc) is 1.77. The van der Waals surface area contributed by atoms with Gasteiger partial charge in [-0.1, -0.05) is 0 Å². The summed E-state index contributed by atoms with van der Waals surface area (Å²) >= 11 is 0. The monoisotopic (exact) mass is 202 g/mol. The second kappa shape index (κ2) is 4.83. The minimum Gasteiger partial charge on any atom is -0.444 e. The molecule has 0 spiro atoms. The predicted octanol–water partition coefficient (Wildman–Crippen LogP) is 0.775. The highest BCUT2D eigenvalue weighted by Crippen LogP contribution is 2.06. The fourth-order valence-corrected chi connectivity index (χ4v) is 0.862. The minimum atomic E-state index is -0.536. The molecule has 14 heavy (non-hydrogen) atoms. The molecule has 82 valence electrons. The summed E-state index contributed by atoms with van der Waals surface area (Å²) in [5.41, 5.74) is 4.43. The number of ether oxygens (including phenoxy) is 1. The predicted molar refractivity (Wildman–Crippen MR) is 52.6 cm³/mol. The average molecular weight is 202 g/mol. The van der Waals surface area contributed by atoms with E-state index in [-0.39, 0.29) is 12.5 Å². The summed E-state index contributed by atoms with van der Waals surface area (Å²) in [6.07, 6.45) is -0.426. The second-order valence-corrected chi connectivity index (χ2v) is 4.22. The van der Waals surface area contributed by atoms with Gasteiger partial charge in [0.15, 0.2) is 0 Å². The Bertz CT molecular complexity index is 221. The summed E-state index contributed by atoms with van der Waals surface area (Å²) in [6.45, 7) is 7.00. The van der Waals surface area contributed by atoms with Crippen LogP contribution in [0.3, 0.4) is 0 Å². The van der Waals surface area contributed by atoms with Crippen LogP contribution < -0.4 is 11.1 Å². The van der Waals surface area contributed by atoms with Gasteiger partial charge >= 0.3 is 6.09 Å². The first-order valence-corrected chi connectivity index (χ1v) is 4.48. The lowest BCUT2D eigenvalue weighted by Gasteiger charge is -2.21. The summed E-state index contributed by atoms with van der Waals surface area (Å²) < 4.78 is 4.99. The van der Waals surface area contributed by atoms with E-state index >= 15 is 0 Å². The highest BCUT2D eigenvalue weighted by Gasteiger charge is 2.18. The van der Waals surface area contributed by atoms with E-state index in [4.69, 9.17) is 10.5 Å². The van der Waals surface area contributed by atoms with E-state index < -0.39 is 17.6 Å². The van der Waals surface area contributed by atoms with Crippen molar-refractivity contribution >= 4 is 12.0 Å². The molecule has 0 saturated heterocycles. The number of amides is 2. The molecular formula is C9H18N2O3. The largest absolute Gasteiger partial charge is 0.444 e. The lowest BCUT2D eigenvalue weighted by atomic mass is 10.2. The summed E-state index contributed by atoms with van der Waals surface area (Å²) in [5, 5.41) is 2.51. The van der Waals surface area contributed by atoms with Gasteiger partial charge in [-0.15, -0.1) is 0 Å². The first kappa shape index (κ1) is 12.7. The van der Waals surface area contributed by atoms with Crippen LogP contribution in [0.4, 0.5) is 4.79 Å². The number of alkyl carbamates (subject to hydrolysis) is 1. The van der Waals surface area contributed by atoms with Crippen LogP contribution in [-0.4, -0.2) is 23.6 Å². The van der Waals surface area contributed by atoms with Gasteiger partial charge in [0, 0.05) is 12.5 Å². The van der Waals surface area contributed by atoms with Crippen LogP contribution >= 0.6 is 0 Å². The lowest BCUT2D eigenvalue weighted by Crippen LogP contribution is -2.39. The Morgan fingerprint density at radius 1 is 1.43 bits per heavy atom. The topological polar surface area (TPSA) is 81.4 Å². The molecule has 0 aromatic carbocycles. The molecule has 0 bridgehead atoms. The standard InChI is InChI=1S/C9H18N2O3/c1-6(5-7(10)12)11-8(13)14-9(2,3)4/h6H,5H2,1-4H3,(H2,10,12)(H,11,13)/t6-/m1/s1. The molecule has 3 N–H and O–H groups in total. The van der Waals surface area contributed by atoms with Crippen LogP contribution in [0.5, 0.6) is 0 Å². The molecule has 0 aliphatic carbocycles. The molecule has 2 amide bonds. The van der Waals surface area contributed by atoms with E-state index in [9.17, 15) is 9.59 Å². The third-order valence-electron chi connectivity index (χ3n) is 1.27. The zero-order valence-corrected chi connectivity index (χ0v) is 9.09. The Morgan fingerprint density at radius 3 is 2.29 bits per heavy atom. The molecule has 1 atom stereocenters. The van der Waals surface area contributed by atoms with E-state index in [1.54, 1.807) is 27.7 Å². The Balaban J connectivity index is 3.89. The zero-order chi connectivity index (χ0) is 11.4. The summed E-state index contributed by atoms with van der Waals surface area (Å²) in [5.74, 6) is -0.450. The third kappa shape index (κ3) is 7.39. The third-order valence-corrected chi connectivity index (χ3v) is 1.27. The first-order valence-electron chi connectivity index (χ1n) is 4.48. The Kier molecular flexibility index (Phi) is 4.40. The van der Waals surface area contributed by atoms with Gasteiger partial charge in [-0.05, 0) is 27.7 Å². The van der Waals surface area contributed by atoms with Crippen molar-refractivity contribution in [2.24, 2.45) is 5.73 Å². The second-order valence-electron chi connectivity index (χ2n) is 4.22. The normalized spacial score (nSPS) is 13.1. The van der Waals surface area contributed by atoms with Crippen LogP contribution in [0.15, 0.2) is 0 Å². The number of nitrogens with one attached hydrogen (secondary N) is 1. The van der Waals surface area contributed by atoms with Crippen LogP contribution in [-0.2, 0) is 9.53 Å². The smallest absolute Gasteiger partial charge is 0.407 e.